The Balaban J connectivity index is 1.67. The van der Waals surface area contributed by atoms with Crippen molar-refractivity contribution < 1.29 is 19.3 Å². The zero-order valence-corrected chi connectivity index (χ0v) is 14.8. The van der Waals surface area contributed by atoms with Gasteiger partial charge in [0.1, 0.15) is 0 Å². The highest BCUT2D eigenvalue weighted by Gasteiger charge is 2.61. The maximum atomic E-state index is 13.3. The molecule has 2 fully saturated rings. The van der Waals surface area contributed by atoms with Crippen LogP contribution in [0.15, 0.2) is 48.6 Å². The average molecular weight is 377 g/mol. The number of amides is 3. The molecule has 3 amide bonds. The predicted molar refractivity (Wildman–Crippen MR) is 99.3 cm³/mol. The van der Waals surface area contributed by atoms with E-state index in [1.54, 1.807) is 37.4 Å². The third kappa shape index (κ3) is 1.91. The molecule has 8 nitrogen and oxygen atoms in total. The lowest BCUT2D eigenvalue weighted by atomic mass is 9.70. The average Bonchev–Trinajstić information content (AvgIpc) is 2.96. The number of hydrogen-bond donors (Lipinski definition) is 0. The van der Waals surface area contributed by atoms with Crippen molar-refractivity contribution in [2.75, 3.05) is 11.9 Å². The van der Waals surface area contributed by atoms with Crippen LogP contribution < -0.4 is 4.90 Å². The smallest absolute Gasteiger partial charge is 0.277 e. The first-order valence-electron chi connectivity index (χ1n) is 8.91. The molecule has 1 unspecified atom stereocenters. The number of carbonyl (C=O) groups excluding carboxylic acids is 3. The van der Waals surface area contributed by atoms with E-state index in [0.29, 0.717) is 16.5 Å². The number of nitrogens with zero attached hydrogens (tertiary/aromatic N) is 3. The zero-order chi connectivity index (χ0) is 19.7. The Morgan fingerprint density at radius 3 is 2.29 bits per heavy atom. The first-order chi connectivity index (χ1) is 13.4. The highest BCUT2D eigenvalue weighted by Crippen LogP contribution is 2.47. The number of carbonyl (C=O) groups is 3. The van der Waals surface area contributed by atoms with Gasteiger partial charge in [-0.15, -0.1) is 0 Å². The quantitative estimate of drug-likeness (QED) is 0.344. The SMILES string of the molecule is CN1C(=O)C2C=C[C@@H]1[C@H]1C(=O)N(c3ccc([N+](=O)[O-])c4ccccc34)C(=O)[C@@H]21. The second-order valence-electron chi connectivity index (χ2n) is 7.32. The fraction of sp³-hybridized carbons (Fsp3) is 0.250. The Hall–Kier alpha value is -3.55. The van der Waals surface area contributed by atoms with E-state index >= 15 is 0 Å². The van der Waals surface area contributed by atoms with Crippen LogP contribution >= 0.6 is 0 Å². The lowest BCUT2D eigenvalue weighted by molar-refractivity contribution is -0.383. The molecular formula is C20H15N3O5. The molecule has 0 N–H and O–H groups in total. The number of hydrogen-bond acceptors (Lipinski definition) is 5. The molecule has 2 aromatic carbocycles. The fourth-order valence-corrected chi connectivity index (χ4v) is 4.77. The van der Waals surface area contributed by atoms with Crippen molar-refractivity contribution in [3.05, 3.63) is 58.7 Å². The fourth-order valence-electron chi connectivity index (χ4n) is 4.77. The summed E-state index contributed by atoms with van der Waals surface area (Å²) < 4.78 is 0. The monoisotopic (exact) mass is 377 g/mol. The molecule has 1 aliphatic carbocycles. The van der Waals surface area contributed by atoms with Crippen molar-refractivity contribution in [3.8, 4) is 0 Å². The molecule has 0 saturated carbocycles. The first kappa shape index (κ1) is 16.6. The highest BCUT2D eigenvalue weighted by molar-refractivity contribution is 6.27. The Morgan fingerprint density at radius 1 is 0.893 bits per heavy atom. The molecule has 3 heterocycles. The van der Waals surface area contributed by atoms with Gasteiger partial charge in [-0.3, -0.25) is 24.5 Å². The molecule has 2 saturated heterocycles. The zero-order valence-electron chi connectivity index (χ0n) is 14.8. The number of rotatable bonds is 2. The molecule has 0 spiro atoms. The highest BCUT2D eigenvalue weighted by atomic mass is 16.6. The Bertz CT molecular complexity index is 1120. The number of non-ortho nitro benzene ring substituents is 1. The van der Waals surface area contributed by atoms with Crippen molar-refractivity contribution in [1.29, 1.82) is 0 Å². The standard InChI is InChI=1S/C20H15N3O5/c1-21-15-7-6-12(18(21)24)16-17(15)20(26)22(19(16)25)13-8-9-14(23(27)28)11-5-3-2-4-10(11)13/h2-9,12,15-17H,1H3/t12?,15-,16+,17-/m1/s1. The minimum Gasteiger partial charge on any atom is -0.338 e. The van der Waals surface area contributed by atoms with E-state index in [0.717, 1.165) is 4.90 Å². The molecule has 4 aliphatic rings. The maximum Gasteiger partial charge on any atom is 0.277 e. The van der Waals surface area contributed by atoms with Crippen molar-refractivity contribution in [2.24, 2.45) is 17.8 Å². The molecule has 140 valence electrons. The van der Waals surface area contributed by atoms with E-state index in [1.807, 2.05) is 6.08 Å². The second-order valence-corrected chi connectivity index (χ2v) is 7.32. The van der Waals surface area contributed by atoms with Gasteiger partial charge in [0.15, 0.2) is 0 Å². The van der Waals surface area contributed by atoms with Gasteiger partial charge in [-0.05, 0) is 12.1 Å². The van der Waals surface area contributed by atoms with Gasteiger partial charge >= 0.3 is 0 Å². The Kier molecular flexibility index (Phi) is 3.25. The van der Waals surface area contributed by atoms with Crippen molar-refractivity contribution >= 4 is 39.9 Å². The third-order valence-corrected chi connectivity index (χ3v) is 6.06. The summed E-state index contributed by atoms with van der Waals surface area (Å²) in [6.07, 6.45) is 3.53. The van der Waals surface area contributed by atoms with Gasteiger partial charge < -0.3 is 4.90 Å². The van der Waals surface area contributed by atoms with E-state index in [1.165, 1.54) is 17.0 Å². The minimum atomic E-state index is -0.722. The van der Waals surface area contributed by atoms with Crippen LogP contribution in [0.5, 0.6) is 0 Å². The lowest BCUT2D eigenvalue weighted by Crippen LogP contribution is -2.57. The van der Waals surface area contributed by atoms with Gasteiger partial charge in [0.05, 0.1) is 39.8 Å². The van der Waals surface area contributed by atoms with Crippen LogP contribution in [0.3, 0.4) is 0 Å². The number of piperidine rings is 1. The van der Waals surface area contributed by atoms with Crippen LogP contribution in [0.4, 0.5) is 11.4 Å². The van der Waals surface area contributed by atoms with E-state index in [9.17, 15) is 24.5 Å². The second kappa shape index (κ2) is 5.48. The topological polar surface area (TPSA) is 101 Å². The van der Waals surface area contributed by atoms with Crippen molar-refractivity contribution in [3.63, 3.8) is 0 Å². The van der Waals surface area contributed by atoms with Crippen molar-refractivity contribution in [1.82, 2.24) is 4.90 Å². The number of likely N-dealkylation sites (N-methyl/N-ethyl adjacent to an activating group) is 1. The molecule has 4 atom stereocenters. The number of nitro groups is 1. The number of nitro benzene ring substituents is 1. The molecular weight excluding hydrogens is 362 g/mol. The lowest BCUT2D eigenvalue weighted by Gasteiger charge is -2.44. The largest absolute Gasteiger partial charge is 0.338 e. The Labute approximate surface area is 159 Å². The van der Waals surface area contributed by atoms with Gasteiger partial charge in [0.25, 0.3) is 5.69 Å². The summed E-state index contributed by atoms with van der Waals surface area (Å²) in [4.78, 5) is 52.5. The molecule has 6 rings (SSSR count). The van der Waals surface area contributed by atoms with E-state index in [-0.39, 0.29) is 17.5 Å². The van der Waals surface area contributed by atoms with Crippen LogP contribution in [0.1, 0.15) is 0 Å². The molecule has 8 heteroatoms. The summed E-state index contributed by atoms with van der Waals surface area (Å²) in [5, 5.41) is 12.2. The third-order valence-electron chi connectivity index (χ3n) is 6.06. The van der Waals surface area contributed by atoms with Gasteiger partial charge in [-0.25, -0.2) is 4.90 Å². The van der Waals surface area contributed by atoms with Gasteiger partial charge in [-0.1, -0.05) is 30.4 Å². The van der Waals surface area contributed by atoms with E-state index in [4.69, 9.17) is 0 Å². The molecule has 0 aromatic heterocycles. The summed E-state index contributed by atoms with van der Waals surface area (Å²) in [6.45, 7) is 0. The molecule has 2 bridgehead atoms. The van der Waals surface area contributed by atoms with Gasteiger partial charge in [0, 0.05) is 18.5 Å². The van der Waals surface area contributed by atoms with Crippen LogP contribution in [-0.4, -0.2) is 40.6 Å². The van der Waals surface area contributed by atoms with Crippen LogP contribution in [0.25, 0.3) is 10.8 Å². The van der Waals surface area contributed by atoms with E-state index in [2.05, 4.69) is 0 Å². The summed E-state index contributed by atoms with van der Waals surface area (Å²) >= 11 is 0. The molecule has 0 radical (unpaired) electrons. The van der Waals surface area contributed by atoms with E-state index < -0.39 is 34.6 Å². The number of benzene rings is 2. The normalized spacial score (nSPS) is 28.4. The number of imide groups is 1. The first-order valence-corrected chi connectivity index (χ1v) is 8.91. The molecule has 3 aliphatic heterocycles. The molecule has 2 aromatic rings. The summed E-state index contributed by atoms with van der Waals surface area (Å²) in [7, 11) is 1.64. The summed E-state index contributed by atoms with van der Waals surface area (Å²) in [5.41, 5.74) is 0.229. The minimum absolute atomic E-state index is 0.0903. The van der Waals surface area contributed by atoms with Crippen LogP contribution in [0, 0.1) is 27.9 Å². The molecule has 28 heavy (non-hydrogen) atoms. The predicted octanol–water partition coefficient (Wildman–Crippen LogP) is 1.88. The number of fused-ring (bicyclic) bond motifs is 2. The Morgan fingerprint density at radius 2 is 1.57 bits per heavy atom. The van der Waals surface area contributed by atoms with Gasteiger partial charge in [-0.2, -0.15) is 0 Å². The maximum absolute atomic E-state index is 13.3. The van der Waals surface area contributed by atoms with Crippen molar-refractivity contribution in [2.45, 2.75) is 6.04 Å². The van der Waals surface area contributed by atoms with Gasteiger partial charge in [0.2, 0.25) is 17.7 Å². The summed E-state index contributed by atoms with van der Waals surface area (Å²) in [5.74, 6) is -2.95. The summed E-state index contributed by atoms with van der Waals surface area (Å²) in [6, 6.07) is 8.93. The van der Waals surface area contributed by atoms with Crippen LogP contribution in [0.2, 0.25) is 0 Å². The number of anilines is 1. The van der Waals surface area contributed by atoms with Crippen LogP contribution in [-0.2, 0) is 14.4 Å².